The van der Waals surface area contributed by atoms with Crippen molar-refractivity contribution in [2.75, 3.05) is 6.61 Å². The third-order valence-electron chi connectivity index (χ3n) is 9.43. The summed E-state index contributed by atoms with van der Waals surface area (Å²) in [6.45, 7) is 6.26. The van der Waals surface area contributed by atoms with Gasteiger partial charge in [0, 0.05) is 6.42 Å². The van der Waals surface area contributed by atoms with E-state index in [4.69, 9.17) is 4.74 Å². The number of hydrogen-bond acceptors (Lipinski definition) is 5. The Balaban J connectivity index is 4.69. The Morgan fingerprint density at radius 2 is 1.06 bits per heavy atom. The number of amides is 1. The summed E-state index contributed by atoms with van der Waals surface area (Å²) in [7, 11) is 0. The second-order valence-electron chi connectivity index (χ2n) is 14.4. The summed E-state index contributed by atoms with van der Waals surface area (Å²) in [5.41, 5.74) is 0. The van der Waals surface area contributed by atoms with Gasteiger partial charge in [-0.15, -0.1) is 0 Å². The summed E-state index contributed by atoms with van der Waals surface area (Å²) in [6.07, 6.45) is 47.1. The van der Waals surface area contributed by atoms with E-state index in [1.807, 2.05) is 30.4 Å². The summed E-state index contributed by atoms with van der Waals surface area (Å²) in [5, 5.41) is 23.5. The van der Waals surface area contributed by atoms with Crippen LogP contribution in [0, 0.1) is 0 Å². The predicted molar refractivity (Wildman–Crippen MR) is 222 cm³/mol. The number of esters is 1. The number of carbonyl (C=O) groups is 2. The third kappa shape index (κ3) is 34.6. The van der Waals surface area contributed by atoms with Crippen LogP contribution >= 0.6 is 0 Å². The quantitative estimate of drug-likeness (QED) is 0.0256. The number of aliphatic hydroxyl groups excluding tert-OH is 2. The van der Waals surface area contributed by atoms with Crippen molar-refractivity contribution in [2.24, 2.45) is 0 Å². The minimum Gasteiger partial charge on any atom is -0.462 e. The number of nitrogens with one attached hydrogen (secondary N) is 1. The van der Waals surface area contributed by atoms with Gasteiger partial charge in [-0.05, 0) is 70.6 Å². The van der Waals surface area contributed by atoms with Crippen LogP contribution in [0.25, 0.3) is 0 Å². The Bertz CT molecular complexity index is 952. The third-order valence-corrected chi connectivity index (χ3v) is 9.43. The summed E-state index contributed by atoms with van der Waals surface area (Å²) < 4.78 is 5.85. The lowest BCUT2D eigenvalue weighted by Gasteiger charge is -2.24. The molecule has 52 heavy (non-hydrogen) atoms. The fourth-order valence-corrected chi connectivity index (χ4v) is 6.14. The van der Waals surface area contributed by atoms with Crippen LogP contribution < -0.4 is 5.32 Å². The average Bonchev–Trinajstić information content (AvgIpc) is 3.13. The van der Waals surface area contributed by atoms with Gasteiger partial charge in [-0.3, -0.25) is 9.59 Å². The van der Waals surface area contributed by atoms with Gasteiger partial charge in [-0.25, -0.2) is 0 Å². The van der Waals surface area contributed by atoms with Gasteiger partial charge in [-0.2, -0.15) is 0 Å². The number of aliphatic hydroxyl groups is 2. The van der Waals surface area contributed by atoms with Crippen LogP contribution in [0.1, 0.15) is 194 Å². The number of unbranched alkanes of at least 4 members (excludes halogenated alkanes) is 18. The van der Waals surface area contributed by atoms with E-state index in [0.717, 1.165) is 83.5 Å². The zero-order valence-electron chi connectivity index (χ0n) is 33.9. The van der Waals surface area contributed by atoms with E-state index in [1.54, 1.807) is 0 Å². The van der Waals surface area contributed by atoms with Gasteiger partial charge in [0.2, 0.25) is 5.91 Å². The fraction of sp³-hybridized carbons (Fsp3) is 0.739. The van der Waals surface area contributed by atoms with Gasteiger partial charge in [0.25, 0.3) is 0 Å². The molecule has 0 aromatic rings. The molecular weight excluding hydrogens is 647 g/mol. The van der Waals surface area contributed by atoms with Crippen LogP contribution in [-0.2, 0) is 14.3 Å². The summed E-state index contributed by atoms with van der Waals surface area (Å²) >= 11 is 0. The largest absolute Gasteiger partial charge is 0.462 e. The lowest BCUT2D eigenvalue weighted by Crippen LogP contribution is -2.46. The van der Waals surface area contributed by atoms with Crippen molar-refractivity contribution in [2.45, 2.75) is 212 Å². The minimum absolute atomic E-state index is 0.0486. The van der Waals surface area contributed by atoms with Gasteiger partial charge < -0.3 is 20.3 Å². The highest BCUT2D eigenvalue weighted by molar-refractivity contribution is 5.77. The molecule has 0 heterocycles. The highest BCUT2D eigenvalue weighted by Crippen LogP contribution is 2.16. The Morgan fingerprint density at radius 3 is 1.67 bits per heavy atom. The lowest BCUT2D eigenvalue weighted by atomic mass is 10.0. The molecule has 0 bridgehead atoms. The summed E-state index contributed by atoms with van der Waals surface area (Å²) in [4.78, 5) is 25.9. The molecular formula is C46H81NO5. The molecule has 0 radical (unpaired) electrons. The fourth-order valence-electron chi connectivity index (χ4n) is 6.14. The maximum absolute atomic E-state index is 13.1. The highest BCUT2D eigenvalue weighted by Gasteiger charge is 2.24. The monoisotopic (exact) mass is 728 g/mol. The summed E-state index contributed by atoms with van der Waals surface area (Å²) in [5.74, 6) is -0.544. The normalized spacial score (nSPS) is 14.0. The van der Waals surface area contributed by atoms with Crippen molar-refractivity contribution in [3.05, 3.63) is 60.8 Å². The molecule has 6 heteroatoms. The highest BCUT2D eigenvalue weighted by atomic mass is 16.5. The van der Waals surface area contributed by atoms with E-state index in [-0.39, 0.29) is 24.9 Å². The predicted octanol–water partition coefficient (Wildman–Crippen LogP) is 12.1. The maximum atomic E-state index is 13.1. The van der Waals surface area contributed by atoms with Crippen molar-refractivity contribution >= 4 is 11.9 Å². The molecule has 0 saturated carbocycles. The molecule has 0 aliphatic rings. The molecule has 3 atom stereocenters. The van der Waals surface area contributed by atoms with Crippen LogP contribution in [0.15, 0.2) is 60.8 Å². The van der Waals surface area contributed by atoms with Crippen molar-refractivity contribution < 1.29 is 24.5 Å². The van der Waals surface area contributed by atoms with Crippen LogP contribution in [0.2, 0.25) is 0 Å². The van der Waals surface area contributed by atoms with E-state index in [9.17, 15) is 19.8 Å². The molecule has 0 aliphatic heterocycles. The Hall–Kier alpha value is -2.44. The van der Waals surface area contributed by atoms with Crippen molar-refractivity contribution in [1.82, 2.24) is 5.32 Å². The molecule has 300 valence electrons. The number of rotatable bonds is 37. The molecule has 3 N–H and O–H groups in total. The SMILES string of the molecule is CC/C=C/C=C/C=C\C=C/CCCCCC(=O)OC(CCCCC/C=C\CCCCC)CC(=O)NC(CO)C(O)CCCCCCCCCCCC. The number of hydrogen-bond donors (Lipinski definition) is 3. The summed E-state index contributed by atoms with van der Waals surface area (Å²) in [6, 6.07) is -0.713. The van der Waals surface area contributed by atoms with Gasteiger partial charge in [-0.1, -0.05) is 171 Å². The first-order chi connectivity index (χ1) is 25.5. The van der Waals surface area contributed by atoms with Crippen LogP contribution in [-0.4, -0.2) is 46.9 Å². The van der Waals surface area contributed by atoms with Crippen molar-refractivity contribution in [3.63, 3.8) is 0 Å². The number of allylic oxidation sites excluding steroid dienone is 10. The molecule has 0 aromatic carbocycles. The van der Waals surface area contributed by atoms with Crippen molar-refractivity contribution in [1.29, 1.82) is 0 Å². The first-order valence-electron chi connectivity index (χ1n) is 21.6. The van der Waals surface area contributed by atoms with E-state index in [0.29, 0.717) is 19.3 Å². The smallest absolute Gasteiger partial charge is 0.306 e. The van der Waals surface area contributed by atoms with Crippen LogP contribution in [0.4, 0.5) is 0 Å². The standard InChI is InChI=1S/C46H81NO5/c1-4-7-10-13-16-19-22-23-24-27-30-33-36-39-46(51)52-42(37-34-31-28-25-20-17-14-11-8-5-2)40-45(50)47-43(41-48)44(49)38-35-32-29-26-21-18-15-12-9-6-3/h7,10,13,16-17,19-20,22-24,42-44,48-49H,4-6,8-9,11-12,14-15,18,21,25-41H2,1-3H3,(H,47,50)/b10-7+,16-13+,20-17-,22-19-,24-23-. The van der Waals surface area contributed by atoms with E-state index in [2.05, 4.69) is 56.5 Å². The van der Waals surface area contributed by atoms with E-state index >= 15 is 0 Å². The second-order valence-corrected chi connectivity index (χ2v) is 14.4. The van der Waals surface area contributed by atoms with Crippen LogP contribution in [0.3, 0.4) is 0 Å². The van der Waals surface area contributed by atoms with Gasteiger partial charge >= 0.3 is 5.97 Å². The molecule has 0 aromatic heterocycles. The molecule has 0 spiro atoms. The molecule has 1 amide bonds. The van der Waals surface area contributed by atoms with Gasteiger partial charge in [0.1, 0.15) is 6.10 Å². The lowest BCUT2D eigenvalue weighted by molar-refractivity contribution is -0.151. The first kappa shape index (κ1) is 49.6. The Kier molecular flexibility index (Phi) is 37.9. The molecule has 0 fully saturated rings. The maximum Gasteiger partial charge on any atom is 0.306 e. The molecule has 0 saturated heterocycles. The molecule has 3 unspecified atom stereocenters. The molecule has 0 aliphatic carbocycles. The second kappa shape index (κ2) is 39.8. The molecule has 0 rings (SSSR count). The van der Waals surface area contributed by atoms with Crippen LogP contribution in [0.5, 0.6) is 0 Å². The first-order valence-corrected chi connectivity index (χ1v) is 21.6. The van der Waals surface area contributed by atoms with Gasteiger partial charge in [0.15, 0.2) is 0 Å². The van der Waals surface area contributed by atoms with Gasteiger partial charge in [0.05, 0.1) is 25.2 Å². The van der Waals surface area contributed by atoms with E-state index < -0.39 is 18.2 Å². The zero-order chi connectivity index (χ0) is 38.2. The van der Waals surface area contributed by atoms with E-state index in [1.165, 1.54) is 64.2 Å². The number of ether oxygens (including phenoxy) is 1. The topological polar surface area (TPSA) is 95.9 Å². The minimum atomic E-state index is -0.797. The average molecular weight is 728 g/mol. The van der Waals surface area contributed by atoms with Crippen molar-refractivity contribution in [3.8, 4) is 0 Å². The zero-order valence-corrected chi connectivity index (χ0v) is 33.9. The Morgan fingerprint density at radius 1 is 0.577 bits per heavy atom. The molecule has 6 nitrogen and oxygen atoms in total. The number of carbonyl (C=O) groups excluding carboxylic acids is 2. The Labute approximate surface area is 320 Å².